The van der Waals surface area contributed by atoms with Gasteiger partial charge in [0.25, 0.3) is 0 Å². The van der Waals surface area contributed by atoms with Gasteiger partial charge >= 0.3 is 0 Å². The van der Waals surface area contributed by atoms with Crippen LogP contribution in [0.3, 0.4) is 0 Å². The first-order valence-electron chi connectivity index (χ1n) is 4.49. The van der Waals surface area contributed by atoms with Crippen molar-refractivity contribution in [2.75, 3.05) is 29.9 Å². The Bertz CT molecular complexity index is 462. The zero-order valence-electron chi connectivity index (χ0n) is 8.73. The molecule has 90 valence electrons. The molecule has 7 heteroatoms. The first kappa shape index (κ1) is 13.3. The van der Waals surface area contributed by atoms with E-state index in [2.05, 4.69) is 20.7 Å². The molecule has 0 aliphatic heterocycles. The highest BCUT2D eigenvalue weighted by atomic mass is 79.9. The molecule has 0 aliphatic rings. The highest BCUT2D eigenvalue weighted by Gasteiger charge is 2.10. The average molecular weight is 309 g/mol. The van der Waals surface area contributed by atoms with E-state index in [1.54, 1.807) is 18.2 Å². The second-order valence-electron chi connectivity index (χ2n) is 3.15. The number of benzene rings is 1. The van der Waals surface area contributed by atoms with Gasteiger partial charge in [-0.2, -0.15) is 0 Å². The van der Waals surface area contributed by atoms with Gasteiger partial charge in [0, 0.05) is 17.3 Å². The third kappa shape index (κ3) is 3.99. The number of nitrogens with one attached hydrogen (secondary N) is 1. The molecule has 1 aromatic rings. The summed E-state index contributed by atoms with van der Waals surface area (Å²) >= 11 is 3.23. The van der Waals surface area contributed by atoms with Gasteiger partial charge < -0.3 is 10.5 Å². The number of hydrogen-bond donors (Lipinski definition) is 2. The van der Waals surface area contributed by atoms with Crippen molar-refractivity contribution in [3.8, 4) is 0 Å². The molecule has 0 radical (unpaired) electrons. The minimum absolute atomic E-state index is 0.0839. The summed E-state index contributed by atoms with van der Waals surface area (Å²) < 4.78 is 30.9. The van der Waals surface area contributed by atoms with Crippen molar-refractivity contribution in [2.24, 2.45) is 0 Å². The van der Waals surface area contributed by atoms with Crippen molar-refractivity contribution >= 4 is 37.3 Å². The minimum atomic E-state index is -3.37. The Morgan fingerprint density at radius 2 is 2.19 bits per heavy atom. The van der Waals surface area contributed by atoms with Crippen LogP contribution < -0.4 is 10.5 Å². The lowest BCUT2D eigenvalue weighted by atomic mass is 10.3. The molecule has 0 unspecified atom stereocenters. The first-order valence-corrected chi connectivity index (χ1v) is 6.93. The van der Waals surface area contributed by atoms with E-state index in [-0.39, 0.29) is 12.4 Å². The van der Waals surface area contributed by atoms with Crippen LogP contribution in [0.15, 0.2) is 22.7 Å². The van der Waals surface area contributed by atoms with Gasteiger partial charge in [-0.1, -0.05) is 0 Å². The van der Waals surface area contributed by atoms with Gasteiger partial charge in [-0.25, -0.2) is 8.42 Å². The van der Waals surface area contributed by atoms with Crippen LogP contribution in [0.25, 0.3) is 0 Å². The zero-order chi connectivity index (χ0) is 12.2. The van der Waals surface area contributed by atoms with Gasteiger partial charge in [0.05, 0.1) is 18.0 Å². The summed E-state index contributed by atoms with van der Waals surface area (Å²) in [6, 6.07) is 4.86. The highest BCUT2D eigenvalue weighted by Crippen LogP contribution is 2.23. The normalized spacial score (nSPS) is 11.4. The fourth-order valence-electron chi connectivity index (χ4n) is 1.03. The molecule has 0 saturated carbocycles. The van der Waals surface area contributed by atoms with Crippen LogP contribution in [-0.4, -0.2) is 27.9 Å². The van der Waals surface area contributed by atoms with Crippen molar-refractivity contribution in [1.29, 1.82) is 0 Å². The monoisotopic (exact) mass is 308 g/mol. The number of halogens is 1. The third-order valence-electron chi connectivity index (χ3n) is 1.83. The Morgan fingerprint density at radius 3 is 2.75 bits per heavy atom. The largest absolute Gasteiger partial charge is 0.398 e. The molecule has 0 aromatic heterocycles. The molecule has 0 fully saturated rings. The lowest BCUT2D eigenvalue weighted by Crippen LogP contribution is -2.19. The summed E-state index contributed by atoms with van der Waals surface area (Å²) in [6.45, 7) is 0.154. The predicted molar refractivity (Wildman–Crippen MR) is 67.8 cm³/mol. The highest BCUT2D eigenvalue weighted by molar-refractivity contribution is 9.10. The van der Waals surface area contributed by atoms with Gasteiger partial charge in [0.15, 0.2) is 0 Å². The number of hydrogen-bond acceptors (Lipinski definition) is 4. The fraction of sp³-hybridized carbons (Fsp3) is 0.333. The molecule has 1 aromatic carbocycles. The van der Waals surface area contributed by atoms with Gasteiger partial charge in [-0.15, -0.1) is 0 Å². The van der Waals surface area contributed by atoms with Crippen molar-refractivity contribution in [3.05, 3.63) is 22.7 Å². The van der Waals surface area contributed by atoms with Gasteiger partial charge in [0.2, 0.25) is 10.0 Å². The fourth-order valence-corrected chi connectivity index (χ4v) is 2.25. The number of nitrogen functional groups attached to an aromatic ring is 1. The SMILES string of the molecule is COCCS(=O)(=O)Nc1ccc(Br)c(N)c1. The standard InChI is InChI=1S/C9H13BrN2O3S/c1-15-4-5-16(13,14)12-7-2-3-8(10)9(11)6-7/h2-3,6,12H,4-5,11H2,1H3. The summed E-state index contributed by atoms with van der Waals surface area (Å²) in [7, 11) is -1.92. The van der Waals surface area contributed by atoms with E-state index in [1.165, 1.54) is 7.11 Å². The molecule has 1 rings (SSSR count). The smallest absolute Gasteiger partial charge is 0.235 e. The Hall–Kier alpha value is -0.790. The summed E-state index contributed by atoms with van der Waals surface area (Å²) in [5.74, 6) is -0.0839. The van der Waals surface area contributed by atoms with Gasteiger partial charge in [-0.05, 0) is 34.1 Å². The van der Waals surface area contributed by atoms with Crippen LogP contribution in [-0.2, 0) is 14.8 Å². The van der Waals surface area contributed by atoms with E-state index < -0.39 is 10.0 Å². The minimum Gasteiger partial charge on any atom is -0.398 e. The number of nitrogens with two attached hydrogens (primary N) is 1. The van der Waals surface area contributed by atoms with E-state index in [1.807, 2.05) is 0 Å². The Labute approximate surface area is 103 Å². The summed E-state index contributed by atoms with van der Waals surface area (Å²) in [5.41, 5.74) is 6.55. The summed E-state index contributed by atoms with van der Waals surface area (Å²) in [5, 5.41) is 0. The summed E-state index contributed by atoms with van der Waals surface area (Å²) in [4.78, 5) is 0. The van der Waals surface area contributed by atoms with E-state index in [4.69, 9.17) is 10.5 Å². The van der Waals surface area contributed by atoms with Crippen molar-refractivity contribution in [2.45, 2.75) is 0 Å². The average Bonchev–Trinajstić information content (AvgIpc) is 2.20. The molecule has 0 saturated heterocycles. The molecule has 0 atom stereocenters. The third-order valence-corrected chi connectivity index (χ3v) is 3.80. The number of anilines is 2. The van der Waals surface area contributed by atoms with E-state index in [9.17, 15) is 8.42 Å². The molecule has 0 bridgehead atoms. The van der Waals surface area contributed by atoms with Crippen LogP contribution in [0, 0.1) is 0 Å². The van der Waals surface area contributed by atoms with Crippen LogP contribution in [0.4, 0.5) is 11.4 Å². The lowest BCUT2D eigenvalue weighted by Gasteiger charge is -2.08. The Balaban J connectivity index is 2.76. The molecule has 3 N–H and O–H groups in total. The maximum absolute atomic E-state index is 11.5. The van der Waals surface area contributed by atoms with E-state index >= 15 is 0 Å². The second-order valence-corrected chi connectivity index (χ2v) is 5.85. The molecular formula is C9H13BrN2O3S. The number of rotatable bonds is 5. The Kier molecular flexibility index (Phi) is 4.57. The molecule has 5 nitrogen and oxygen atoms in total. The van der Waals surface area contributed by atoms with Crippen molar-refractivity contribution in [3.63, 3.8) is 0 Å². The zero-order valence-corrected chi connectivity index (χ0v) is 11.1. The quantitative estimate of drug-likeness (QED) is 0.806. The van der Waals surface area contributed by atoms with Gasteiger partial charge in [-0.3, -0.25) is 4.72 Å². The molecule has 0 aliphatic carbocycles. The first-order chi connectivity index (χ1) is 7.44. The van der Waals surface area contributed by atoms with E-state index in [0.29, 0.717) is 11.4 Å². The second kappa shape index (κ2) is 5.51. The van der Waals surface area contributed by atoms with Crippen LogP contribution in [0.5, 0.6) is 0 Å². The number of sulfonamides is 1. The number of ether oxygens (including phenoxy) is 1. The van der Waals surface area contributed by atoms with Gasteiger partial charge in [0.1, 0.15) is 0 Å². The molecule has 0 heterocycles. The Morgan fingerprint density at radius 1 is 1.50 bits per heavy atom. The maximum atomic E-state index is 11.5. The van der Waals surface area contributed by atoms with E-state index in [0.717, 1.165) is 4.47 Å². The molecular weight excluding hydrogens is 296 g/mol. The summed E-state index contributed by atoms with van der Waals surface area (Å²) in [6.07, 6.45) is 0. The number of methoxy groups -OCH3 is 1. The van der Waals surface area contributed by atoms with Crippen molar-refractivity contribution in [1.82, 2.24) is 0 Å². The maximum Gasteiger partial charge on any atom is 0.235 e. The van der Waals surface area contributed by atoms with Crippen LogP contribution in [0.1, 0.15) is 0 Å². The van der Waals surface area contributed by atoms with Crippen molar-refractivity contribution < 1.29 is 13.2 Å². The topological polar surface area (TPSA) is 81.4 Å². The molecule has 0 spiro atoms. The molecule has 16 heavy (non-hydrogen) atoms. The van der Waals surface area contributed by atoms with Crippen LogP contribution >= 0.6 is 15.9 Å². The van der Waals surface area contributed by atoms with Crippen LogP contribution in [0.2, 0.25) is 0 Å². The predicted octanol–water partition coefficient (Wildman–Crippen LogP) is 1.42. The molecule has 0 amide bonds. The lowest BCUT2D eigenvalue weighted by molar-refractivity contribution is 0.217.